The molecule has 0 fully saturated rings. The SMILES string of the molecule is N#CCN(CC#N)C(=O)c1ccc(C#CCN)cc1. The first-order chi connectivity index (χ1) is 9.22. The van der Waals surface area contributed by atoms with Crippen molar-refractivity contribution >= 4 is 5.91 Å². The third-order valence-electron chi connectivity index (χ3n) is 2.28. The maximum atomic E-state index is 12.0. The Balaban J connectivity index is 2.88. The van der Waals surface area contributed by atoms with Crippen molar-refractivity contribution in [3.8, 4) is 24.0 Å². The summed E-state index contributed by atoms with van der Waals surface area (Å²) < 4.78 is 0. The van der Waals surface area contributed by atoms with Crippen molar-refractivity contribution in [3.63, 3.8) is 0 Å². The third kappa shape index (κ3) is 4.16. The molecule has 0 radical (unpaired) electrons. The molecule has 0 spiro atoms. The summed E-state index contributed by atoms with van der Waals surface area (Å²) in [6, 6.07) is 10.4. The highest BCUT2D eigenvalue weighted by Crippen LogP contribution is 2.07. The molecule has 1 aromatic carbocycles. The highest BCUT2D eigenvalue weighted by molar-refractivity contribution is 5.94. The molecule has 1 rings (SSSR count). The van der Waals surface area contributed by atoms with E-state index in [1.54, 1.807) is 24.3 Å². The van der Waals surface area contributed by atoms with Gasteiger partial charge in [0.05, 0.1) is 18.7 Å². The molecule has 0 saturated heterocycles. The second-order valence-corrected chi connectivity index (χ2v) is 3.56. The number of rotatable bonds is 3. The van der Waals surface area contributed by atoms with Gasteiger partial charge < -0.3 is 10.6 Å². The molecule has 5 heteroatoms. The summed E-state index contributed by atoms with van der Waals surface area (Å²) in [5.74, 6) is 5.21. The molecule has 0 heterocycles. The molecule has 0 unspecified atom stereocenters. The van der Waals surface area contributed by atoms with E-state index in [1.165, 1.54) is 4.90 Å². The van der Waals surface area contributed by atoms with Gasteiger partial charge in [0.2, 0.25) is 0 Å². The van der Waals surface area contributed by atoms with Gasteiger partial charge in [-0.05, 0) is 24.3 Å². The summed E-state index contributed by atoms with van der Waals surface area (Å²) in [7, 11) is 0. The zero-order valence-corrected chi connectivity index (χ0v) is 10.3. The number of carbonyl (C=O) groups is 1. The molecule has 0 aromatic heterocycles. The fraction of sp³-hybridized carbons (Fsp3) is 0.214. The lowest BCUT2D eigenvalue weighted by Crippen LogP contribution is -2.31. The molecule has 19 heavy (non-hydrogen) atoms. The van der Waals surface area contributed by atoms with Crippen molar-refractivity contribution in [1.82, 2.24) is 4.90 Å². The van der Waals surface area contributed by atoms with Crippen molar-refractivity contribution in [2.24, 2.45) is 5.73 Å². The largest absolute Gasteiger partial charge is 0.320 e. The Labute approximate surface area is 111 Å². The maximum absolute atomic E-state index is 12.0. The number of hydrogen-bond donors (Lipinski definition) is 1. The molecular weight excluding hydrogens is 240 g/mol. The molecular formula is C14H12N4O. The van der Waals surface area contributed by atoms with Crippen LogP contribution in [0, 0.1) is 34.5 Å². The molecule has 2 N–H and O–H groups in total. The zero-order valence-electron chi connectivity index (χ0n) is 10.3. The average Bonchev–Trinajstić information content (AvgIpc) is 2.44. The van der Waals surface area contributed by atoms with Crippen LogP contribution in [0.1, 0.15) is 15.9 Å². The first-order valence-corrected chi connectivity index (χ1v) is 5.55. The fourth-order valence-corrected chi connectivity index (χ4v) is 1.40. The Kier molecular flexibility index (Phi) is 5.63. The maximum Gasteiger partial charge on any atom is 0.255 e. The van der Waals surface area contributed by atoms with Crippen LogP contribution in [0.25, 0.3) is 0 Å². The number of carbonyl (C=O) groups excluding carboxylic acids is 1. The summed E-state index contributed by atoms with van der Waals surface area (Å²) in [5, 5.41) is 17.2. The lowest BCUT2D eigenvalue weighted by molar-refractivity contribution is 0.0794. The van der Waals surface area contributed by atoms with Gasteiger partial charge in [-0.3, -0.25) is 4.79 Å². The monoisotopic (exact) mass is 252 g/mol. The molecule has 94 valence electrons. The van der Waals surface area contributed by atoms with Gasteiger partial charge in [-0.15, -0.1) is 0 Å². The molecule has 1 amide bonds. The Morgan fingerprint density at radius 1 is 1.16 bits per heavy atom. The minimum absolute atomic E-state index is 0.110. The third-order valence-corrected chi connectivity index (χ3v) is 2.28. The topological polar surface area (TPSA) is 93.9 Å². The van der Waals surface area contributed by atoms with Gasteiger partial charge in [0.1, 0.15) is 13.1 Å². The van der Waals surface area contributed by atoms with Gasteiger partial charge in [-0.25, -0.2) is 0 Å². The van der Waals surface area contributed by atoms with E-state index in [1.807, 2.05) is 12.1 Å². The van der Waals surface area contributed by atoms with Crippen molar-refractivity contribution < 1.29 is 4.79 Å². The van der Waals surface area contributed by atoms with E-state index in [2.05, 4.69) is 11.8 Å². The summed E-state index contributed by atoms with van der Waals surface area (Å²) in [6.45, 7) is 0.0566. The first kappa shape index (κ1) is 14.3. The van der Waals surface area contributed by atoms with E-state index in [9.17, 15) is 4.79 Å². The van der Waals surface area contributed by atoms with Crippen molar-refractivity contribution in [1.29, 1.82) is 10.5 Å². The summed E-state index contributed by atoms with van der Waals surface area (Å²) in [4.78, 5) is 13.2. The molecule has 0 atom stereocenters. The predicted molar refractivity (Wildman–Crippen MR) is 69.5 cm³/mol. The standard InChI is InChI=1S/C14H12N4O/c15-7-1-2-12-3-5-13(6-4-12)14(19)18(10-8-16)11-9-17/h3-6H,7,10-11,15H2. The lowest BCUT2D eigenvalue weighted by Gasteiger charge is -2.15. The van der Waals surface area contributed by atoms with E-state index in [4.69, 9.17) is 16.3 Å². The number of nitriles is 2. The Hall–Kier alpha value is -2.81. The normalized spacial score (nSPS) is 8.58. The molecule has 0 aliphatic carbocycles. The number of nitrogens with zero attached hydrogens (tertiary/aromatic N) is 3. The van der Waals surface area contributed by atoms with Crippen LogP contribution >= 0.6 is 0 Å². The van der Waals surface area contributed by atoms with Gasteiger partial charge in [-0.2, -0.15) is 10.5 Å². The lowest BCUT2D eigenvalue weighted by atomic mass is 10.1. The van der Waals surface area contributed by atoms with E-state index in [0.717, 1.165) is 5.56 Å². The summed E-state index contributed by atoms with van der Waals surface area (Å²) in [5.41, 5.74) is 6.44. The van der Waals surface area contributed by atoms with Crippen LogP contribution in [0.5, 0.6) is 0 Å². The van der Waals surface area contributed by atoms with Crippen LogP contribution in [0.2, 0.25) is 0 Å². The minimum Gasteiger partial charge on any atom is -0.320 e. The van der Waals surface area contributed by atoms with Crippen molar-refractivity contribution in [2.45, 2.75) is 0 Å². The molecule has 0 saturated carbocycles. The minimum atomic E-state index is -0.346. The van der Waals surface area contributed by atoms with Gasteiger partial charge in [0, 0.05) is 11.1 Å². The van der Waals surface area contributed by atoms with Crippen molar-refractivity contribution in [2.75, 3.05) is 19.6 Å². The zero-order chi connectivity index (χ0) is 14.1. The molecule has 5 nitrogen and oxygen atoms in total. The van der Waals surface area contributed by atoms with Crippen LogP contribution in [-0.2, 0) is 0 Å². The quantitative estimate of drug-likeness (QED) is 0.625. The molecule has 0 bridgehead atoms. The van der Waals surface area contributed by atoms with Crippen LogP contribution in [-0.4, -0.2) is 30.4 Å². The average molecular weight is 252 g/mol. The fourth-order valence-electron chi connectivity index (χ4n) is 1.40. The van der Waals surface area contributed by atoms with Gasteiger partial charge in [-0.1, -0.05) is 11.8 Å². The van der Waals surface area contributed by atoms with Crippen molar-refractivity contribution in [3.05, 3.63) is 35.4 Å². The Morgan fingerprint density at radius 3 is 2.21 bits per heavy atom. The second kappa shape index (κ2) is 7.50. The van der Waals surface area contributed by atoms with Crippen LogP contribution in [0.15, 0.2) is 24.3 Å². The van der Waals surface area contributed by atoms with Crippen LogP contribution < -0.4 is 5.73 Å². The predicted octanol–water partition coefficient (Wildman–Crippen LogP) is 0.486. The summed E-state index contributed by atoms with van der Waals surface area (Å²) in [6.07, 6.45) is 0. The number of amides is 1. The molecule has 0 aliphatic heterocycles. The highest BCUT2D eigenvalue weighted by atomic mass is 16.2. The van der Waals surface area contributed by atoms with E-state index < -0.39 is 0 Å². The van der Waals surface area contributed by atoms with E-state index in [-0.39, 0.29) is 25.5 Å². The number of hydrogen-bond acceptors (Lipinski definition) is 4. The van der Waals surface area contributed by atoms with Crippen LogP contribution in [0.3, 0.4) is 0 Å². The highest BCUT2D eigenvalue weighted by Gasteiger charge is 2.14. The second-order valence-electron chi connectivity index (χ2n) is 3.56. The number of nitrogens with two attached hydrogens (primary N) is 1. The Morgan fingerprint density at radius 2 is 1.74 bits per heavy atom. The summed E-state index contributed by atoms with van der Waals surface area (Å²) >= 11 is 0. The van der Waals surface area contributed by atoms with Crippen LogP contribution in [0.4, 0.5) is 0 Å². The van der Waals surface area contributed by atoms with Gasteiger partial charge in [0.25, 0.3) is 5.91 Å². The van der Waals surface area contributed by atoms with E-state index >= 15 is 0 Å². The molecule has 1 aromatic rings. The van der Waals surface area contributed by atoms with Gasteiger partial charge >= 0.3 is 0 Å². The molecule has 0 aliphatic rings. The first-order valence-electron chi connectivity index (χ1n) is 5.55. The van der Waals surface area contributed by atoms with E-state index in [0.29, 0.717) is 5.56 Å². The smallest absolute Gasteiger partial charge is 0.255 e. The number of benzene rings is 1. The Bertz CT molecular complexity index is 565. The van der Waals surface area contributed by atoms with Gasteiger partial charge in [0.15, 0.2) is 0 Å².